The summed E-state index contributed by atoms with van der Waals surface area (Å²) in [7, 11) is 0. The number of benzene rings is 1. The minimum Gasteiger partial charge on any atom is -0.487 e. The van der Waals surface area contributed by atoms with Crippen LogP contribution in [0, 0.1) is 30.6 Å². The molecular formula is C43H59N3O7. The maximum atomic E-state index is 14.2. The zero-order chi connectivity index (χ0) is 37.4. The predicted molar refractivity (Wildman–Crippen MR) is 205 cm³/mol. The smallest absolute Gasteiger partial charge is 0.239 e. The molecular weight excluding hydrogens is 670 g/mol. The van der Waals surface area contributed by atoms with Gasteiger partial charge in [-0.3, -0.25) is 9.78 Å². The summed E-state index contributed by atoms with van der Waals surface area (Å²) in [5.41, 5.74) is 4.72. The number of aryl methyl sites for hydroxylation is 1. The molecule has 1 aromatic carbocycles. The number of allylic oxidation sites excluding steroid dienone is 1. The Morgan fingerprint density at radius 1 is 1.11 bits per heavy atom. The predicted octanol–water partition coefficient (Wildman–Crippen LogP) is 7.27. The van der Waals surface area contributed by atoms with Crippen LogP contribution in [0.1, 0.15) is 101 Å². The van der Waals surface area contributed by atoms with Crippen molar-refractivity contribution in [2.24, 2.45) is 28.8 Å². The van der Waals surface area contributed by atoms with Gasteiger partial charge in [-0.25, -0.2) is 0 Å². The van der Waals surface area contributed by atoms with Gasteiger partial charge in [0.15, 0.2) is 0 Å². The summed E-state index contributed by atoms with van der Waals surface area (Å²) in [6.45, 7) is 11.9. The van der Waals surface area contributed by atoms with Crippen molar-refractivity contribution < 1.29 is 34.1 Å². The Kier molecular flexibility index (Phi) is 13.3. The summed E-state index contributed by atoms with van der Waals surface area (Å²) >= 11 is 0. The third-order valence-electron chi connectivity index (χ3n) is 11.3. The number of unbranched alkanes of at least 4 members (excludes halogenated alkanes) is 2. The van der Waals surface area contributed by atoms with E-state index in [1.54, 1.807) is 6.08 Å². The summed E-state index contributed by atoms with van der Waals surface area (Å²) < 4.78 is 20.7. The number of hydrogen-bond acceptors (Lipinski definition) is 9. The SMILES string of the molecule is C=CCO[C@@]12Oc3ccc(OCc4cccc(C)n4)cc3[C@H]3[C@H](CCCCO)[C@@H](CCCCO)C=C(C(=NOCC)C[C@@H]1N(CCC)C(=O)C1CC1)[C@H]32. The number of oxime groups is 1. The average molecular weight is 730 g/mol. The Morgan fingerprint density at radius 2 is 1.91 bits per heavy atom. The fraction of sp³-hybridized carbons (Fsp3) is 0.605. The second-order valence-corrected chi connectivity index (χ2v) is 15.1. The van der Waals surface area contributed by atoms with E-state index in [4.69, 9.17) is 24.2 Å². The first-order chi connectivity index (χ1) is 25.9. The quantitative estimate of drug-likeness (QED) is 0.0829. The van der Waals surface area contributed by atoms with Crippen molar-refractivity contribution in [2.75, 3.05) is 33.0 Å². The zero-order valence-electron chi connectivity index (χ0n) is 31.9. The van der Waals surface area contributed by atoms with E-state index in [-0.39, 0.29) is 55.3 Å². The van der Waals surface area contributed by atoms with Crippen molar-refractivity contribution in [1.82, 2.24) is 9.88 Å². The summed E-state index contributed by atoms with van der Waals surface area (Å²) in [5.74, 6) is 0.322. The highest BCUT2D eigenvalue weighted by Crippen LogP contribution is 2.62. The molecule has 2 saturated carbocycles. The molecule has 2 aromatic rings. The van der Waals surface area contributed by atoms with Crippen LogP contribution < -0.4 is 9.47 Å². The minimum atomic E-state index is -1.22. The van der Waals surface area contributed by atoms with Crippen molar-refractivity contribution in [2.45, 2.75) is 109 Å². The minimum absolute atomic E-state index is 0.0185. The Hall–Kier alpha value is -3.73. The molecule has 0 saturated heterocycles. The van der Waals surface area contributed by atoms with Gasteiger partial charge in [0.2, 0.25) is 11.7 Å². The molecule has 1 aromatic heterocycles. The fourth-order valence-corrected chi connectivity index (χ4v) is 8.94. The molecule has 0 bridgehead atoms. The van der Waals surface area contributed by atoms with Crippen molar-refractivity contribution in [3.63, 3.8) is 0 Å². The Morgan fingerprint density at radius 3 is 2.60 bits per heavy atom. The van der Waals surface area contributed by atoms with Gasteiger partial charge in [-0.1, -0.05) is 43.1 Å². The molecule has 10 heteroatoms. The lowest BCUT2D eigenvalue weighted by molar-refractivity contribution is -0.257. The molecule has 1 aliphatic heterocycles. The number of fused-ring (bicyclic) bond motifs is 2. The third kappa shape index (κ3) is 8.50. The lowest BCUT2D eigenvalue weighted by Crippen LogP contribution is -2.70. The Bertz CT molecular complexity index is 1620. The monoisotopic (exact) mass is 729 g/mol. The number of nitrogens with zero attached hydrogens (tertiary/aromatic N) is 3. The van der Waals surface area contributed by atoms with Gasteiger partial charge in [0, 0.05) is 49.3 Å². The van der Waals surface area contributed by atoms with E-state index >= 15 is 0 Å². The van der Waals surface area contributed by atoms with Gasteiger partial charge in [-0.2, -0.15) is 0 Å². The largest absolute Gasteiger partial charge is 0.487 e. The van der Waals surface area contributed by atoms with Crippen molar-refractivity contribution >= 4 is 11.6 Å². The molecule has 0 unspecified atom stereocenters. The van der Waals surface area contributed by atoms with E-state index in [0.29, 0.717) is 32.6 Å². The average Bonchev–Trinajstić information content (AvgIpc) is 4.02. The highest BCUT2D eigenvalue weighted by Gasteiger charge is 2.65. The van der Waals surface area contributed by atoms with Gasteiger partial charge in [-0.05, 0) is 107 Å². The number of rotatable bonds is 20. The van der Waals surface area contributed by atoms with Crippen LogP contribution in [0.3, 0.4) is 0 Å². The number of carbonyl (C=O) groups excluding carboxylic acids is 1. The first kappa shape index (κ1) is 39.0. The lowest BCUT2D eigenvalue weighted by Gasteiger charge is -2.60. The molecule has 2 fully saturated rings. The molecule has 0 spiro atoms. The van der Waals surface area contributed by atoms with Crippen molar-refractivity contribution in [1.29, 1.82) is 0 Å². The van der Waals surface area contributed by atoms with Gasteiger partial charge in [0.05, 0.1) is 23.9 Å². The van der Waals surface area contributed by atoms with E-state index in [0.717, 1.165) is 91.1 Å². The van der Waals surface area contributed by atoms with Crippen LogP contribution in [0.2, 0.25) is 0 Å². The molecule has 6 rings (SSSR count). The number of ether oxygens (including phenoxy) is 3. The molecule has 6 atom stereocenters. The molecule has 3 aliphatic carbocycles. The van der Waals surface area contributed by atoms with Gasteiger partial charge in [-0.15, -0.1) is 6.58 Å². The summed E-state index contributed by atoms with van der Waals surface area (Å²) in [4.78, 5) is 26.7. The molecule has 53 heavy (non-hydrogen) atoms. The first-order valence-electron chi connectivity index (χ1n) is 19.9. The van der Waals surface area contributed by atoms with Gasteiger partial charge in [0.25, 0.3) is 0 Å². The molecule has 0 radical (unpaired) electrons. The van der Waals surface area contributed by atoms with Crippen LogP contribution in [0.4, 0.5) is 0 Å². The molecule has 2 heterocycles. The summed E-state index contributed by atoms with van der Waals surface area (Å²) in [6.07, 6.45) is 12.1. The second-order valence-electron chi connectivity index (χ2n) is 15.1. The van der Waals surface area contributed by atoms with Crippen LogP contribution in [0.15, 0.2) is 65.9 Å². The van der Waals surface area contributed by atoms with Crippen LogP contribution in [-0.2, 0) is 21.0 Å². The molecule has 4 aliphatic rings. The number of aliphatic hydroxyl groups excluding tert-OH is 2. The number of pyridine rings is 1. The maximum absolute atomic E-state index is 14.2. The van der Waals surface area contributed by atoms with Crippen LogP contribution in [0.25, 0.3) is 0 Å². The number of aliphatic hydroxyl groups is 2. The Balaban J connectivity index is 1.54. The number of hydrogen-bond donors (Lipinski definition) is 2. The van der Waals surface area contributed by atoms with Gasteiger partial charge in [0.1, 0.15) is 30.8 Å². The highest BCUT2D eigenvalue weighted by atomic mass is 16.7. The standard InChI is InChI=1S/C43H59N3O7/c1-5-21-46(42(49)30-17-18-30)39-27-37(45-52-7-3)35-25-31(14-8-10-22-47)34(16-9-11-23-48)40-36-26-33(50-28-32-15-12-13-29(4)44-32)19-20-38(36)53-43(39,41(35)40)51-24-6-2/h6,12-13,15,19-20,25-26,30-31,34,39-41,47-48H,2,5,7-11,14,16-18,21-24,27-28H2,1,3-4H3/t31-,34+,39-,40+,41+,43+/m0/s1. The van der Waals surface area contributed by atoms with Gasteiger partial charge < -0.3 is 34.2 Å². The number of aromatic nitrogens is 1. The van der Waals surface area contributed by atoms with E-state index in [1.165, 1.54) is 0 Å². The Labute approximate surface area is 315 Å². The molecule has 10 nitrogen and oxygen atoms in total. The van der Waals surface area contributed by atoms with Gasteiger partial charge >= 0.3 is 0 Å². The highest BCUT2D eigenvalue weighted by molar-refractivity contribution is 6.03. The first-order valence-corrected chi connectivity index (χ1v) is 19.9. The molecule has 288 valence electrons. The van der Waals surface area contributed by atoms with E-state index in [2.05, 4.69) is 30.6 Å². The topological polar surface area (TPSA) is 123 Å². The normalized spacial score (nSPS) is 26.5. The second kappa shape index (κ2) is 18.1. The number of amides is 1. The van der Waals surface area contributed by atoms with Crippen molar-refractivity contribution in [3.05, 3.63) is 77.7 Å². The molecule has 1 amide bonds. The molecule has 2 N–H and O–H groups in total. The fourth-order valence-electron chi connectivity index (χ4n) is 8.94. The van der Waals surface area contributed by atoms with E-state index < -0.39 is 11.8 Å². The van der Waals surface area contributed by atoms with Crippen LogP contribution in [0.5, 0.6) is 11.5 Å². The van der Waals surface area contributed by atoms with Crippen molar-refractivity contribution in [3.8, 4) is 11.5 Å². The van der Waals surface area contributed by atoms with E-state index in [9.17, 15) is 15.0 Å². The zero-order valence-corrected chi connectivity index (χ0v) is 31.9. The summed E-state index contributed by atoms with van der Waals surface area (Å²) in [5, 5.41) is 24.4. The van der Waals surface area contributed by atoms with Crippen LogP contribution >= 0.6 is 0 Å². The third-order valence-corrected chi connectivity index (χ3v) is 11.3. The number of carbonyl (C=O) groups is 1. The van der Waals surface area contributed by atoms with E-state index in [1.807, 2.05) is 49.1 Å². The van der Waals surface area contributed by atoms with Crippen LogP contribution in [-0.4, -0.2) is 76.5 Å². The maximum Gasteiger partial charge on any atom is 0.239 e. The lowest BCUT2D eigenvalue weighted by atomic mass is 9.55. The summed E-state index contributed by atoms with van der Waals surface area (Å²) in [6, 6.07) is 11.6.